The highest BCUT2D eigenvalue weighted by Crippen LogP contribution is 2.05. The Balaban J connectivity index is 0.000000615. The van der Waals surface area contributed by atoms with E-state index in [9.17, 15) is 19.2 Å². The first-order valence-electron chi connectivity index (χ1n) is 10.1. The summed E-state index contributed by atoms with van der Waals surface area (Å²) >= 11 is 0. The van der Waals surface area contributed by atoms with Crippen molar-refractivity contribution >= 4 is 23.8 Å². The number of carbonyl (C=O) groups is 4. The van der Waals surface area contributed by atoms with Gasteiger partial charge in [0.15, 0.2) is 0 Å². The predicted molar refractivity (Wildman–Crippen MR) is 116 cm³/mol. The number of carbonyl (C=O) groups excluding carboxylic acids is 2. The van der Waals surface area contributed by atoms with Crippen LogP contribution in [0.5, 0.6) is 0 Å². The van der Waals surface area contributed by atoms with Gasteiger partial charge in [0.25, 0.3) is 0 Å². The third-order valence-corrected chi connectivity index (χ3v) is 4.47. The monoisotopic (exact) mass is 438 g/mol. The molecule has 0 aliphatic carbocycles. The smallest absolute Gasteiger partial charge is 0.320 e. The van der Waals surface area contributed by atoms with Crippen LogP contribution in [0.15, 0.2) is 30.3 Å². The van der Waals surface area contributed by atoms with Crippen LogP contribution >= 0.6 is 0 Å². The van der Waals surface area contributed by atoms with E-state index in [2.05, 4.69) is 10.6 Å². The fourth-order valence-corrected chi connectivity index (χ4v) is 2.61. The van der Waals surface area contributed by atoms with Crippen LogP contribution in [0.4, 0.5) is 0 Å². The third-order valence-electron chi connectivity index (χ3n) is 4.47. The SMILES string of the molecule is CCC[C@H](N[C@@H](C)C(=O)O)C(N)=O.C[C@H](N[C@@H](CCc1ccccc1)C(N)=O)C(=O)O. The summed E-state index contributed by atoms with van der Waals surface area (Å²) in [5.41, 5.74) is 11.4. The van der Waals surface area contributed by atoms with Crippen molar-refractivity contribution in [3.05, 3.63) is 35.9 Å². The van der Waals surface area contributed by atoms with E-state index in [1.54, 1.807) is 0 Å². The van der Waals surface area contributed by atoms with E-state index in [4.69, 9.17) is 21.7 Å². The van der Waals surface area contributed by atoms with Crippen LogP contribution in [-0.4, -0.2) is 58.1 Å². The molecule has 8 N–H and O–H groups in total. The van der Waals surface area contributed by atoms with Gasteiger partial charge in [-0.2, -0.15) is 0 Å². The molecule has 0 fully saturated rings. The number of carboxylic acid groups (broad SMARTS) is 2. The fraction of sp³-hybridized carbons (Fsp3) is 0.524. The number of aryl methyl sites for hydroxylation is 1. The Morgan fingerprint density at radius 3 is 1.61 bits per heavy atom. The first kappa shape index (κ1) is 28.0. The number of primary amides is 2. The van der Waals surface area contributed by atoms with Crippen LogP contribution in [0, 0.1) is 0 Å². The van der Waals surface area contributed by atoms with Gasteiger partial charge in [-0.15, -0.1) is 0 Å². The van der Waals surface area contributed by atoms with E-state index in [1.807, 2.05) is 37.3 Å². The molecule has 174 valence electrons. The Morgan fingerprint density at radius 1 is 0.839 bits per heavy atom. The standard InChI is InChI=1S/C13H18N2O3.C8H16N2O3/c1-9(13(17)18)15-11(12(14)16)8-7-10-5-3-2-4-6-10;1-3-4-6(7(9)11)10-5(2)8(12)13/h2-6,9,11,15H,7-8H2,1H3,(H2,14,16)(H,17,18);5-6,10H,3-4H2,1-2H3,(H2,9,11)(H,12,13)/t9-,11-;5-,6-/m00/s1. The summed E-state index contributed by atoms with van der Waals surface area (Å²) in [6.45, 7) is 4.87. The fourth-order valence-electron chi connectivity index (χ4n) is 2.61. The van der Waals surface area contributed by atoms with Gasteiger partial charge in [-0.1, -0.05) is 43.7 Å². The van der Waals surface area contributed by atoms with Gasteiger partial charge in [-0.05, 0) is 38.7 Å². The average molecular weight is 439 g/mol. The lowest BCUT2D eigenvalue weighted by Gasteiger charge is -2.18. The number of benzene rings is 1. The number of nitrogens with one attached hydrogen (secondary N) is 2. The zero-order chi connectivity index (χ0) is 24.0. The highest BCUT2D eigenvalue weighted by Gasteiger charge is 2.21. The molecule has 0 bridgehead atoms. The minimum Gasteiger partial charge on any atom is -0.480 e. The molecule has 1 aromatic rings. The summed E-state index contributed by atoms with van der Waals surface area (Å²) in [4.78, 5) is 43.2. The van der Waals surface area contributed by atoms with E-state index in [0.717, 1.165) is 12.0 Å². The minimum absolute atomic E-state index is 0.483. The van der Waals surface area contributed by atoms with Crippen molar-refractivity contribution in [3.63, 3.8) is 0 Å². The normalized spacial score (nSPS) is 14.3. The summed E-state index contributed by atoms with van der Waals surface area (Å²) in [5.74, 6) is -3.02. The number of aliphatic carboxylic acids is 2. The van der Waals surface area contributed by atoms with Crippen molar-refractivity contribution < 1.29 is 29.4 Å². The van der Waals surface area contributed by atoms with Crippen LogP contribution in [0.25, 0.3) is 0 Å². The number of carboxylic acids is 2. The molecular weight excluding hydrogens is 404 g/mol. The number of hydrogen-bond donors (Lipinski definition) is 6. The van der Waals surface area contributed by atoms with Gasteiger partial charge in [0.05, 0.1) is 12.1 Å². The summed E-state index contributed by atoms with van der Waals surface area (Å²) < 4.78 is 0. The predicted octanol–water partition coefficient (Wildman–Crippen LogP) is 0.239. The Bertz CT molecular complexity index is 713. The molecule has 10 heteroatoms. The number of amides is 2. The molecular formula is C21H34N4O6. The lowest BCUT2D eigenvalue weighted by atomic mass is 10.0. The van der Waals surface area contributed by atoms with Gasteiger partial charge >= 0.3 is 11.9 Å². The summed E-state index contributed by atoms with van der Waals surface area (Å²) in [6, 6.07) is 6.95. The first-order valence-corrected chi connectivity index (χ1v) is 10.1. The largest absolute Gasteiger partial charge is 0.480 e. The number of rotatable bonds is 13. The number of hydrogen-bond acceptors (Lipinski definition) is 6. The molecule has 0 saturated carbocycles. The highest BCUT2D eigenvalue weighted by atomic mass is 16.4. The quantitative estimate of drug-likeness (QED) is 0.253. The Kier molecular flexibility index (Phi) is 13.5. The molecule has 10 nitrogen and oxygen atoms in total. The van der Waals surface area contributed by atoms with Crippen molar-refractivity contribution in [2.24, 2.45) is 11.5 Å². The molecule has 0 aromatic heterocycles. The van der Waals surface area contributed by atoms with Gasteiger partial charge in [0.1, 0.15) is 12.1 Å². The van der Waals surface area contributed by atoms with Crippen molar-refractivity contribution in [3.8, 4) is 0 Å². The molecule has 1 aromatic carbocycles. The Labute approximate surface area is 182 Å². The van der Waals surface area contributed by atoms with Gasteiger partial charge in [0, 0.05) is 0 Å². The van der Waals surface area contributed by atoms with E-state index in [-0.39, 0.29) is 0 Å². The maximum Gasteiger partial charge on any atom is 0.320 e. The van der Waals surface area contributed by atoms with Crippen LogP contribution in [-0.2, 0) is 25.6 Å². The molecule has 1 rings (SSSR count). The molecule has 2 amide bonds. The maximum absolute atomic E-state index is 11.2. The van der Waals surface area contributed by atoms with Crippen LogP contribution < -0.4 is 22.1 Å². The van der Waals surface area contributed by atoms with Crippen LogP contribution in [0.1, 0.15) is 45.6 Å². The van der Waals surface area contributed by atoms with Crippen LogP contribution in [0.3, 0.4) is 0 Å². The van der Waals surface area contributed by atoms with E-state index < -0.39 is 47.9 Å². The van der Waals surface area contributed by atoms with E-state index >= 15 is 0 Å². The number of nitrogens with two attached hydrogens (primary N) is 2. The van der Waals surface area contributed by atoms with Crippen molar-refractivity contribution in [2.45, 2.75) is 70.6 Å². The lowest BCUT2D eigenvalue weighted by molar-refractivity contribution is -0.140. The maximum atomic E-state index is 11.2. The molecule has 4 atom stereocenters. The molecule has 0 aliphatic rings. The zero-order valence-electron chi connectivity index (χ0n) is 18.2. The second-order valence-electron chi connectivity index (χ2n) is 7.18. The first-order chi connectivity index (χ1) is 14.5. The van der Waals surface area contributed by atoms with Crippen molar-refractivity contribution in [1.82, 2.24) is 10.6 Å². The van der Waals surface area contributed by atoms with Gasteiger partial charge in [-0.3, -0.25) is 29.8 Å². The highest BCUT2D eigenvalue weighted by molar-refractivity contribution is 5.82. The minimum atomic E-state index is -0.999. The molecule has 0 unspecified atom stereocenters. The summed E-state index contributed by atoms with van der Waals surface area (Å²) in [6.07, 6.45) is 2.50. The third kappa shape index (κ3) is 12.3. The molecule has 0 aliphatic heterocycles. The van der Waals surface area contributed by atoms with Crippen LogP contribution in [0.2, 0.25) is 0 Å². The summed E-state index contributed by atoms with van der Waals surface area (Å²) in [7, 11) is 0. The zero-order valence-corrected chi connectivity index (χ0v) is 18.2. The Morgan fingerprint density at radius 2 is 1.26 bits per heavy atom. The van der Waals surface area contributed by atoms with Crippen molar-refractivity contribution in [1.29, 1.82) is 0 Å². The average Bonchev–Trinajstić information content (AvgIpc) is 2.71. The topological polar surface area (TPSA) is 185 Å². The van der Waals surface area contributed by atoms with E-state index in [0.29, 0.717) is 19.3 Å². The second kappa shape index (κ2) is 14.9. The van der Waals surface area contributed by atoms with E-state index in [1.165, 1.54) is 13.8 Å². The second-order valence-corrected chi connectivity index (χ2v) is 7.18. The molecule has 31 heavy (non-hydrogen) atoms. The van der Waals surface area contributed by atoms with Gasteiger partial charge in [-0.25, -0.2) is 0 Å². The molecule has 0 spiro atoms. The Hall–Kier alpha value is -2.98. The summed E-state index contributed by atoms with van der Waals surface area (Å²) in [5, 5.41) is 22.7. The van der Waals surface area contributed by atoms with Crippen molar-refractivity contribution in [2.75, 3.05) is 0 Å². The van der Waals surface area contributed by atoms with Gasteiger partial charge in [0.2, 0.25) is 11.8 Å². The lowest BCUT2D eigenvalue weighted by Crippen LogP contribution is -2.48. The molecule has 0 saturated heterocycles. The van der Waals surface area contributed by atoms with Gasteiger partial charge < -0.3 is 21.7 Å². The molecule has 0 heterocycles. The molecule has 0 radical (unpaired) electrons.